The molecule has 2 heterocycles. The number of carbonyl (C=O) groups is 1. The lowest BCUT2D eigenvalue weighted by atomic mass is 9.59. The number of ether oxygens (including phenoxy) is 4. The largest absolute Gasteiger partial charge is 0.490 e. The van der Waals surface area contributed by atoms with Crippen LogP contribution in [0.25, 0.3) is 11.0 Å². The smallest absolute Gasteiger partial charge is 0.306 e. The number of hydrogen-bond acceptors (Lipinski definition) is 12. The molecule has 1 aromatic carbocycles. The maximum Gasteiger partial charge on any atom is 0.306 e. The van der Waals surface area contributed by atoms with Crippen LogP contribution >= 0.6 is 0 Å². The van der Waals surface area contributed by atoms with Crippen LogP contribution < -0.4 is 9.47 Å². The molecule has 0 spiro atoms. The number of esters is 1. The van der Waals surface area contributed by atoms with Gasteiger partial charge < -0.3 is 54.0 Å². The van der Waals surface area contributed by atoms with E-state index < -0.39 is 67.3 Å². The molecule has 4 rings (SSSR count). The molecule has 12 nitrogen and oxygen atoms in total. The zero-order chi connectivity index (χ0) is 27.7. The Kier molecular flexibility index (Phi) is 8.52. The molecule has 2 aliphatic rings. The van der Waals surface area contributed by atoms with Gasteiger partial charge in [-0.05, 0) is 43.9 Å². The summed E-state index contributed by atoms with van der Waals surface area (Å²) in [5, 5.41) is 64.9. The van der Waals surface area contributed by atoms with Gasteiger partial charge in [0.15, 0.2) is 16.9 Å². The number of aliphatic hydroxyl groups is 6. The molecule has 0 radical (unpaired) electrons. The van der Waals surface area contributed by atoms with Gasteiger partial charge in [-0.25, -0.2) is 0 Å². The van der Waals surface area contributed by atoms with E-state index >= 15 is 0 Å². The van der Waals surface area contributed by atoms with Gasteiger partial charge in [-0.15, -0.1) is 0 Å². The van der Waals surface area contributed by atoms with Gasteiger partial charge >= 0.3 is 5.97 Å². The predicted molar refractivity (Wildman–Crippen MR) is 130 cm³/mol. The molecule has 2 bridgehead atoms. The van der Waals surface area contributed by atoms with Gasteiger partial charge in [0.25, 0.3) is 0 Å². The molecular weight excluding hydrogens is 504 g/mol. The van der Waals surface area contributed by atoms with Crippen molar-refractivity contribution in [2.45, 2.75) is 62.3 Å². The van der Waals surface area contributed by atoms with Crippen LogP contribution in [-0.4, -0.2) is 99.8 Å². The minimum atomic E-state index is -2.31. The standard InChI is InChI=1S/C26H36O12/c1-3-35-19(30)5-4-14-10-15-7-9-36-20(15)22(34-2)21(14)38-24-26(33)17(16(11-27)12-28)6-8-25(32,23(26)31)18(13-29)37-24/h7,9-10,16-18,23-24,27-29,31-33H,3-6,8,11-13H2,1-2H3. The summed E-state index contributed by atoms with van der Waals surface area (Å²) in [5.41, 5.74) is -3.50. The second-order valence-corrected chi connectivity index (χ2v) is 9.85. The number of furan rings is 1. The number of fused-ring (bicyclic) bond motifs is 3. The van der Waals surface area contributed by atoms with Gasteiger partial charge in [0.2, 0.25) is 12.0 Å². The average molecular weight is 541 g/mol. The minimum absolute atomic E-state index is 0.00781. The van der Waals surface area contributed by atoms with E-state index in [9.17, 15) is 35.4 Å². The first kappa shape index (κ1) is 28.6. The highest BCUT2D eigenvalue weighted by molar-refractivity contribution is 5.87. The van der Waals surface area contributed by atoms with Gasteiger partial charge in [0.1, 0.15) is 17.8 Å². The fraction of sp³-hybridized carbons (Fsp3) is 0.654. The molecule has 1 aliphatic carbocycles. The first-order valence-electron chi connectivity index (χ1n) is 12.7. The Labute approximate surface area is 219 Å². The monoisotopic (exact) mass is 540 g/mol. The molecule has 38 heavy (non-hydrogen) atoms. The molecule has 212 valence electrons. The highest BCUT2D eigenvalue weighted by Crippen LogP contribution is 2.52. The van der Waals surface area contributed by atoms with Crippen LogP contribution in [0, 0.1) is 11.8 Å². The normalized spacial score (nSPS) is 31.0. The molecular formula is C26H36O12. The van der Waals surface area contributed by atoms with Crippen LogP contribution in [-0.2, 0) is 20.7 Å². The molecule has 2 aromatic rings. The van der Waals surface area contributed by atoms with E-state index in [2.05, 4.69) is 0 Å². The maximum absolute atomic E-state index is 12.1. The number of rotatable bonds is 11. The topological polar surface area (TPSA) is 189 Å². The first-order chi connectivity index (χ1) is 18.2. The zero-order valence-electron chi connectivity index (χ0n) is 21.4. The predicted octanol–water partition coefficient (Wildman–Crippen LogP) is -0.133. The molecule has 2 fully saturated rings. The Bertz CT molecular complexity index is 1110. The van der Waals surface area contributed by atoms with Crippen LogP contribution in [0.5, 0.6) is 11.5 Å². The van der Waals surface area contributed by atoms with Crippen molar-refractivity contribution in [3.63, 3.8) is 0 Å². The van der Waals surface area contributed by atoms with Crippen molar-refractivity contribution < 1.29 is 58.8 Å². The van der Waals surface area contributed by atoms with E-state index in [4.69, 9.17) is 23.4 Å². The Morgan fingerprint density at radius 1 is 1.21 bits per heavy atom. The summed E-state index contributed by atoms with van der Waals surface area (Å²) in [7, 11) is 1.39. The number of carbonyl (C=O) groups excluding carboxylic acids is 1. The molecule has 12 heteroatoms. The summed E-state index contributed by atoms with van der Waals surface area (Å²) < 4.78 is 28.3. The maximum atomic E-state index is 12.1. The number of aliphatic hydroxyl groups excluding tert-OH is 4. The number of hydrogen-bond donors (Lipinski definition) is 6. The number of benzene rings is 1. The summed E-state index contributed by atoms with van der Waals surface area (Å²) in [6.07, 6.45) is -3.18. The van der Waals surface area contributed by atoms with Crippen LogP contribution in [0.2, 0.25) is 0 Å². The zero-order valence-corrected chi connectivity index (χ0v) is 21.4. The fourth-order valence-electron chi connectivity index (χ4n) is 5.82. The molecule has 6 unspecified atom stereocenters. The van der Waals surface area contributed by atoms with Gasteiger partial charge in [-0.1, -0.05) is 0 Å². The van der Waals surface area contributed by atoms with Crippen molar-refractivity contribution in [1.29, 1.82) is 0 Å². The molecule has 1 aromatic heterocycles. The van der Waals surface area contributed by atoms with Crippen LogP contribution in [0.3, 0.4) is 0 Å². The SMILES string of the molecule is CCOC(=O)CCc1cc2ccoc2c(OC)c1OC1OC(CO)C2(O)CCC(C(CO)CO)C1(O)C2O. The van der Waals surface area contributed by atoms with Crippen LogP contribution in [0.1, 0.15) is 31.7 Å². The lowest BCUT2D eigenvalue weighted by Gasteiger charge is -2.60. The lowest BCUT2D eigenvalue weighted by molar-refractivity contribution is -0.384. The Morgan fingerprint density at radius 3 is 2.58 bits per heavy atom. The lowest BCUT2D eigenvalue weighted by Crippen LogP contribution is -2.79. The summed E-state index contributed by atoms with van der Waals surface area (Å²) in [4.78, 5) is 12.1. The second-order valence-electron chi connectivity index (χ2n) is 9.85. The third kappa shape index (κ3) is 4.64. The van der Waals surface area contributed by atoms with Gasteiger partial charge in [0, 0.05) is 36.9 Å². The quantitative estimate of drug-likeness (QED) is 0.207. The van der Waals surface area contributed by atoms with Gasteiger partial charge in [-0.2, -0.15) is 0 Å². The summed E-state index contributed by atoms with van der Waals surface area (Å²) in [6, 6.07) is 3.43. The van der Waals surface area contributed by atoms with Crippen molar-refractivity contribution in [1.82, 2.24) is 0 Å². The summed E-state index contributed by atoms with van der Waals surface area (Å²) >= 11 is 0. The second kappa shape index (κ2) is 11.3. The van der Waals surface area contributed by atoms with E-state index in [1.165, 1.54) is 13.4 Å². The number of methoxy groups -OCH3 is 1. The van der Waals surface area contributed by atoms with Crippen LogP contribution in [0.4, 0.5) is 0 Å². The highest BCUT2D eigenvalue weighted by atomic mass is 16.7. The van der Waals surface area contributed by atoms with E-state index in [-0.39, 0.29) is 43.8 Å². The van der Waals surface area contributed by atoms with Crippen molar-refractivity contribution in [2.24, 2.45) is 11.8 Å². The summed E-state index contributed by atoms with van der Waals surface area (Å²) in [5.74, 6) is -2.04. The molecule has 0 amide bonds. The molecule has 6 atom stereocenters. The minimum Gasteiger partial charge on any atom is -0.490 e. The molecule has 1 saturated carbocycles. The van der Waals surface area contributed by atoms with E-state index in [0.717, 1.165) is 0 Å². The Morgan fingerprint density at radius 2 is 1.95 bits per heavy atom. The molecule has 6 N–H and O–H groups in total. The third-order valence-corrected chi connectivity index (χ3v) is 7.85. The average Bonchev–Trinajstić information content (AvgIpc) is 3.37. The molecule has 1 saturated heterocycles. The third-order valence-electron chi connectivity index (χ3n) is 7.85. The first-order valence-corrected chi connectivity index (χ1v) is 12.7. The van der Waals surface area contributed by atoms with Crippen molar-refractivity contribution in [3.8, 4) is 11.5 Å². The van der Waals surface area contributed by atoms with Crippen molar-refractivity contribution >= 4 is 16.9 Å². The molecule has 1 aliphatic heterocycles. The Balaban J connectivity index is 1.81. The van der Waals surface area contributed by atoms with Gasteiger partial charge in [-0.3, -0.25) is 4.79 Å². The van der Waals surface area contributed by atoms with E-state index in [0.29, 0.717) is 16.5 Å². The summed E-state index contributed by atoms with van der Waals surface area (Å²) in [6.45, 7) is 0.234. The Hall–Kier alpha value is -2.45. The number of aryl methyl sites for hydroxylation is 1. The van der Waals surface area contributed by atoms with E-state index in [1.54, 1.807) is 19.1 Å². The highest BCUT2D eigenvalue weighted by Gasteiger charge is 2.69. The fourth-order valence-corrected chi connectivity index (χ4v) is 5.82. The van der Waals surface area contributed by atoms with E-state index in [1.807, 2.05) is 0 Å². The van der Waals surface area contributed by atoms with Crippen molar-refractivity contribution in [3.05, 3.63) is 24.0 Å². The van der Waals surface area contributed by atoms with Gasteiger partial charge in [0.05, 0.1) is 26.6 Å². The van der Waals surface area contributed by atoms with Crippen molar-refractivity contribution in [2.75, 3.05) is 33.5 Å². The van der Waals surface area contributed by atoms with Crippen LogP contribution in [0.15, 0.2) is 22.8 Å².